The van der Waals surface area contributed by atoms with Gasteiger partial charge in [0.15, 0.2) is 0 Å². The zero-order chi connectivity index (χ0) is 27.9. The topological polar surface area (TPSA) is 3.24 Å². The van der Waals surface area contributed by atoms with Crippen molar-refractivity contribution in [2.45, 2.75) is 161 Å². The molecule has 1 nitrogen and oxygen atoms in total. The van der Waals surface area contributed by atoms with E-state index in [4.69, 9.17) is 0 Å². The first-order chi connectivity index (χ1) is 19.1. The van der Waals surface area contributed by atoms with Crippen molar-refractivity contribution in [3.8, 4) is 0 Å². The van der Waals surface area contributed by atoms with Gasteiger partial charge in [0.05, 0.1) is 0 Å². The van der Waals surface area contributed by atoms with Crippen molar-refractivity contribution in [2.24, 2.45) is 0 Å². The number of hydrogen-bond donors (Lipinski definition) is 0. The first-order valence-electron chi connectivity index (χ1n) is 17.1. The van der Waals surface area contributed by atoms with Gasteiger partial charge < -0.3 is 0 Å². The molecular weight excluding hydrogens is 514 g/mol. The third-order valence-electron chi connectivity index (χ3n) is 8.33. The van der Waals surface area contributed by atoms with Crippen LogP contribution in [-0.4, -0.2) is 10.9 Å². The van der Waals surface area contributed by atoms with Crippen LogP contribution >= 0.6 is 15.9 Å². The Morgan fingerprint density at radius 3 is 1.62 bits per heavy atom. The van der Waals surface area contributed by atoms with E-state index in [-0.39, 0.29) is 0 Å². The van der Waals surface area contributed by atoms with Gasteiger partial charge in [0.1, 0.15) is 0 Å². The third kappa shape index (κ3) is 10.7. The maximum absolute atomic E-state index is 9.32. The molecule has 0 N–H and O–H groups in total. The average Bonchev–Trinajstić information content (AvgIpc) is 2.94. The van der Waals surface area contributed by atoms with Gasteiger partial charge in [0.25, 0.3) is 0 Å². The molecule has 0 amide bonds. The Hall–Kier alpha value is -0.860. The van der Waals surface area contributed by atoms with Gasteiger partial charge in [-0.15, -0.1) is 0 Å². The number of unbranched alkanes of at least 4 members (excludes halogenated alkanes) is 16. The largest absolute Gasteiger partial charge is 0.292 e. The molecule has 2 atom stereocenters. The molecule has 2 heteroatoms. The average molecular weight is 573 g/mol. The molecule has 1 aliphatic rings. The number of hydrogen-bond acceptors (Lipinski definition) is 1. The minimum atomic E-state index is -0.458. The molecule has 0 fully saturated rings. The second-order valence-corrected chi connectivity index (χ2v) is 12.4. The van der Waals surface area contributed by atoms with Crippen LogP contribution in [0.1, 0.15) is 156 Å². The van der Waals surface area contributed by atoms with Crippen LogP contribution < -0.4 is 0 Å². The number of halogens is 1. The summed E-state index contributed by atoms with van der Waals surface area (Å²) >= 11 is 3.71. The monoisotopic (exact) mass is 571 g/mol. The molecule has 1 aliphatic heterocycles. The summed E-state index contributed by atoms with van der Waals surface area (Å²) in [6.07, 6.45) is 26.4. The van der Waals surface area contributed by atoms with Crippen LogP contribution in [0.5, 0.6) is 0 Å². The zero-order valence-electron chi connectivity index (χ0n) is 26.1. The third-order valence-corrected chi connectivity index (χ3v) is 9.02. The molecule has 0 aliphatic carbocycles. The Bertz CT molecular complexity index is 909. The fourth-order valence-electron chi connectivity index (χ4n) is 6.04. The zero-order valence-corrected chi connectivity index (χ0v) is 25.7. The molecule has 208 valence electrons. The SMILES string of the molecule is [2H]C1c2cccc3c(Br)ccc(c23)C([2H])N1C(CCCCCCCCCCC)CCCCCCCCCCC. The molecule has 0 saturated heterocycles. The molecule has 0 aromatic heterocycles. The maximum Gasteiger partial charge on any atom is 0.0482 e. The van der Waals surface area contributed by atoms with E-state index in [1.54, 1.807) is 0 Å². The Kier molecular flexibility index (Phi) is 13.8. The Morgan fingerprint density at radius 2 is 1.11 bits per heavy atom. The summed E-state index contributed by atoms with van der Waals surface area (Å²) in [4.78, 5) is 2.25. The summed E-state index contributed by atoms with van der Waals surface area (Å²) in [6.45, 7) is 3.66. The standard InChI is InChI=1S/C35H56BrN/c1-3-5-7-9-11-13-15-17-19-23-32(24-20-18-16-14-12-10-8-6-4-2)37-28-30-22-21-25-33-34(36)27-26-31(29-37)35(30)33/h21-22,25-27,32H,3-20,23-24,28-29H2,1-2H3/i28D,29D. The molecule has 3 rings (SSSR count). The second-order valence-electron chi connectivity index (χ2n) is 11.5. The summed E-state index contributed by atoms with van der Waals surface area (Å²) in [7, 11) is 0. The molecular formula is C35H56BrN. The van der Waals surface area contributed by atoms with Crippen molar-refractivity contribution < 1.29 is 2.74 Å². The van der Waals surface area contributed by atoms with E-state index < -0.39 is 13.0 Å². The predicted molar refractivity (Wildman–Crippen MR) is 168 cm³/mol. The number of nitrogens with zero attached hydrogens (tertiary/aromatic N) is 1. The van der Waals surface area contributed by atoms with Gasteiger partial charge in [-0.2, -0.15) is 0 Å². The highest BCUT2D eigenvalue weighted by Gasteiger charge is 2.25. The van der Waals surface area contributed by atoms with Crippen LogP contribution in [0.15, 0.2) is 34.8 Å². The molecule has 2 aromatic carbocycles. The molecule has 0 saturated carbocycles. The van der Waals surface area contributed by atoms with Crippen LogP contribution in [0.3, 0.4) is 0 Å². The maximum atomic E-state index is 9.32. The van der Waals surface area contributed by atoms with Crippen LogP contribution in [0.2, 0.25) is 0 Å². The lowest BCUT2D eigenvalue weighted by Gasteiger charge is -2.36. The van der Waals surface area contributed by atoms with E-state index in [0.29, 0.717) is 6.04 Å². The molecule has 0 bridgehead atoms. The van der Waals surface area contributed by atoms with Gasteiger partial charge in [-0.05, 0) is 40.8 Å². The highest BCUT2D eigenvalue weighted by atomic mass is 79.9. The molecule has 0 radical (unpaired) electrons. The van der Waals surface area contributed by atoms with Crippen LogP contribution in [0.25, 0.3) is 10.8 Å². The van der Waals surface area contributed by atoms with E-state index in [1.165, 1.54) is 116 Å². The van der Waals surface area contributed by atoms with E-state index in [2.05, 4.69) is 65.0 Å². The van der Waals surface area contributed by atoms with E-state index in [1.807, 2.05) is 0 Å². The fraction of sp³-hybridized carbons (Fsp3) is 0.714. The van der Waals surface area contributed by atoms with Crippen molar-refractivity contribution in [1.82, 2.24) is 4.90 Å². The van der Waals surface area contributed by atoms with Crippen molar-refractivity contribution in [3.05, 3.63) is 45.9 Å². The minimum absolute atomic E-state index is 0.316. The Morgan fingerprint density at radius 1 is 0.649 bits per heavy atom. The van der Waals surface area contributed by atoms with Gasteiger partial charge in [0.2, 0.25) is 0 Å². The summed E-state index contributed by atoms with van der Waals surface area (Å²) in [5, 5.41) is 2.28. The summed E-state index contributed by atoms with van der Waals surface area (Å²) in [5.74, 6) is 0. The van der Waals surface area contributed by atoms with Crippen LogP contribution in [-0.2, 0) is 13.0 Å². The first-order valence-corrected chi connectivity index (χ1v) is 16.7. The molecule has 2 aromatic rings. The Balaban J connectivity index is 1.58. The quantitative estimate of drug-likeness (QED) is 0.135. The second kappa shape index (κ2) is 18.4. The molecule has 37 heavy (non-hydrogen) atoms. The predicted octanol–water partition coefficient (Wildman–Crippen LogP) is 12.1. The van der Waals surface area contributed by atoms with E-state index in [0.717, 1.165) is 39.2 Å². The fourth-order valence-corrected chi connectivity index (χ4v) is 6.50. The Labute approximate surface area is 241 Å². The normalized spacial score (nSPS) is 18.5. The van der Waals surface area contributed by atoms with Gasteiger partial charge >= 0.3 is 0 Å². The van der Waals surface area contributed by atoms with Crippen molar-refractivity contribution in [3.63, 3.8) is 0 Å². The number of rotatable bonds is 21. The lowest BCUT2D eigenvalue weighted by atomic mass is 9.92. The molecule has 1 heterocycles. The lowest BCUT2D eigenvalue weighted by Crippen LogP contribution is -2.36. The smallest absolute Gasteiger partial charge is 0.0482 e. The first kappa shape index (κ1) is 27.7. The summed E-state index contributed by atoms with van der Waals surface area (Å²) < 4.78 is 19.7. The van der Waals surface area contributed by atoms with E-state index >= 15 is 0 Å². The summed E-state index contributed by atoms with van der Waals surface area (Å²) in [6, 6.07) is 10.9. The molecule has 0 spiro atoms. The van der Waals surface area contributed by atoms with Gasteiger partial charge in [-0.1, -0.05) is 170 Å². The lowest BCUT2D eigenvalue weighted by molar-refractivity contribution is 0.150. The molecule has 2 unspecified atom stereocenters. The van der Waals surface area contributed by atoms with E-state index in [9.17, 15) is 2.74 Å². The van der Waals surface area contributed by atoms with Gasteiger partial charge in [0, 0.05) is 26.3 Å². The van der Waals surface area contributed by atoms with Gasteiger partial charge in [-0.3, -0.25) is 4.90 Å². The minimum Gasteiger partial charge on any atom is -0.292 e. The highest BCUT2D eigenvalue weighted by Crippen LogP contribution is 2.36. The van der Waals surface area contributed by atoms with Crippen molar-refractivity contribution in [2.75, 3.05) is 0 Å². The highest BCUT2D eigenvalue weighted by molar-refractivity contribution is 9.10. The van der Waals surface area contributed by atoms with Crippen molar-refractivity contribution in [1.29, 1.82) is 0 Å². The van der Waals surface area contributed by atoms with Gasteiger partial charge in [-0.25, -0.2) is 0 Å². The van der Waals surface area contributed by atoms with Crippen molar-refractivity contribution >= 4 is 26.7 Å². The number of benzene rings is 2. The van der Waals surface area contributed by atoms with Crippen LogP contribution in [0.4, 0.5) is 0 Å². The van der Waals surface area contributed by atoms with Crippen LogP contribution in [0, 0.1) is 0 Å². The summed E-state index contributed by atoms with van der Waals surface area (Å²) in [5.41, 5.74) is 2.16.